The largest absolute Gasteiger partial charge is 0.356 e. The summed E-state index contributed by atoms with van der Waals surface area (Å²) in [5.74, 6) is 1.69. The SMILES string of the molecule is CCCN(CCC)CCCNC(=NC)NCc1ncnn1C.I. The van der Waals surface area contributed by atoms with Crippen LogP contribution in [-0.2, 0) is 13.6 Å². The van der Waals surface area contributed by atoms with Crippen molar-refractivity contribution in [3.63, 3.8) is 0 Å². The Morgan fingerprint density at radius 3 is 2.43 bits per heavy atom. The minimum atomic E-state index is 0. The maximum atomic E-state index is 4.23. The molecule has 0 unspecified atom stereocenters. The highest BCUT2D eigenvalue weighted by Crippen LogP contribution is 1.95. The zero-order valence-corrected chi connectivity index (χ0v) is 17.2. The molecule has 23 heavy (non-hydrogen) atoms. The average Bonchev–Trinajstić information content (AvgIpc) is 2.92. The third-order valence-electron chi connectivity index (χ3n) is 3.47. The Balaban J connectivity index is 0.00000484. The minimum absolute atomic E-state index is 0. The van der Waals surface area contributed by atoms with E-state index in [1.54, 1.807) is 18.1 Å². The lowest BCUT2D eigenvalue weighted by Gasteiger charge is -2.21. The van der Waals surface area contributed by atoms with E-state index < -0.39 is 0 Å². The molecule has 0 saturated heterocycles. The lowest BCUT2D eigenvalue weighted by Crippen LogP contribution is -2.39. The number of nitrogens with one attached hydrogen (secondary N) is 2. The summed E-state index contributed by atoms with van der Waals surface area (Å²) in [6.45, 7) is 9.52. The van der Waals surface area contributed by atoms with Crippen molar-refractivity contribution in [1.29, 1.82) is 0 Å². The number of hydrogen-bond donors (Lipinski definition) is 2. The normalized spacial score (nSPS) is 11.4. The van der Waals surface area contributed by atoms with Gasteiger partial charge in [-0.25, -0.2) is 4.98 Å². The smallest absolute Gasteiger partial charge is 0.191 e. The molecule has 1 rings (SSSR count). The first kappa shape index (κ1) is 22.1. The van der Waals surface area contributed by atoms with E-state index in [0.717, 1.165) is 31.3 Å². The first-order valence-electron chi connectivity index (χ1n) is 8.21. The predicted octanol–water partition coefficient (Wildman–Crippen LogP) is 1.61. The average molecular weight is 437 g/mol. The summed E-state index contributed by atoms with van der Waals surface area (Å²) in [4.78, 5) is 10.9. The van der Waals surface area contributed by atoms with Gasteiger partial charge in [-0.05, 0) is 38.9 Å². The van der Waals surface area contributed by atoms with Gasteiger partial charge in [-0.1, -0.05) is 13.8 Å². The summed E-state index contributed by atoms with van der Waals surface area (Å²) in [5, 5.41) is 10.6. The Labute approximate surface area is 157 Å². The van der Waals surface area contributed by atoms with E-state index in [4.69, 9.17) is 0 Å². The van der Waals surface area contributed by atoms with E-state index in [1.165, 1.54) is 25.9 Å². The van der Waals surface area contributed by atoms with Gasteiger partial charge in [-0.2, -0.15) is 5.10 Å². The van der Waals surface area contributed by atoms with Gasteiger partial charge in [0.25, 0.3) is 0 Å². The summed E-state index contributed by atoms with van der Waals surface area (Å²) in [5.41, 5.74) is 0. The van der Waals surface area contributed by atoms with Crippen molar-refractivity contribution >= 4 is 29.9 Å². The van der Waals surface area contributed by atoms with Crippen molar-refractivity contribution in [3.8, 4) is 0 Å². The molecule has 0 aliphatic carbocycles. The molecule has 0 atom stereocenters. The molecular formula is C15H32IN7. The Kier molecular flexibility index (Phi) is 13.0. The molecule has 0 radical (unpaired) electrons. The fourth-order valence-corrected chi connectivity index (χ4v) is 2.34. The van der Waals surface area contributed by atoms with Crippen LogP contribution in [0, 0.1) is 0 Å². The maximum absolute atomic E-state index is 4.23. The molecule has 0 spiro atoms. The highest BCUT2D eigenvalue weighted by Gasteiger charge is 2.04. The molecule has 2 N–H and O–H groups in total. The summed E-state index contributed by atoms with van der Waals surface area (Å²) in [6.07, 6.45) is 5.11. The number of aliphatic imine (C=N–C) groups is 1. The van der Waals surface area contributed by atoms with E-state index in [-0.39, 0.29) is 24.0 Å². The standard InChI is InChI=1S/C15H31N7.HI/c1-5-9-22(10-6-2)11-7-8-17-15(16-3)18-12-14-19-13-20-21(14)4;/h13H,5-12H2,1-4H3,(H2,16,17,18);1H. The van der Waals surface area contributed by atoms with Gasteiger partial charge in [0.1, 0.15) is 12.2 Å². The summed E-state index contributed by atoms with van der Waals surface area (Å²) < 4.78 is 1.76. The van der Waals surface area contributed by atoms with Crippen LogP contribution in [0.15, 0.2) is 11.3 Å². The molecule has 0 aliphatic heterocycles. The van der Waals surface area contributed by atoms with E-state index in [2.05, 4.69) is 44.5 Å². The predicted molar refractivity (Wildman–Crippen MR) is 106 cm³/mol. The lowest BCUT2D eigenvalue weighted by atomic mass is 10.3. The second-order valence-corrected chi connectivity index (χ2v) is 5.35. The molecule has 0 bridgehead atoms. The van der Waals surface area contributed by atoms with E-state index in [1.807, 2.05) is 7.05 Å². The van der Waals surface area contributed by atoms with Crippen LogP contribution in [0.1, 0.15) is 38.9 Å². The number of hydrogen-bond acceptors (Lipinski definition) is 4. The Bertz CT molecular complexity index is 427. The molecule has 134 valence electrons. The second-order valence-electron chi connectivity index (χ2n) is 5.35. The summed E-state index contributed by atoms with van der Waals surface area (Å²) in [7, 11) is 3.67. The van der Waals surface area contributed by atoms with Crippen molar-refractivity contribution in [1.82, 2.24) is 30.3 Å². The van der Waals surface area contributed by atoms with Gasteiger partial charge in [0.15, 0.2) is 5.96 Å². The van der Waals surface area contributed by atoms with Gasteiger partial charge in [-0.3, -0.25) is 9.67 Å². The number of aromatic nitrogens is 3. The van der Waals surface area contributed by atoms with Crippen molar-refractivity contribution in [3.05, 3.63) is 12.2 Å². The second kappa shape index (κ2) is 13.5. The molecule has 1 heterocycles. The number of guanidine groups is 1. The van der Waals surface area contributed by atoms with Gasteiger partial charge < -0.3 is 15.5 Å². The Hall–Kier alpha value is -0.900. The minimum Gasteiger partial charge on any atom is -0.356 e. The summed E-state index contributed by atoms with van der Waals surface area (Å²) >= 11 is 0. The van der Waals surface area contributed by atoms with Crippen LogP contribution < -0.4 is 10.6 Å². The van der Waals surface area contributed by atoms with E-state index in [0.29, 0.717) is 6.54 Å². The van der Waals surface area contributed by atoms with Gasteiger partial charge in [0.2, 0.25) is 0 Å². The molecule has 7 nitrogen and oxygen atoms in total. The molecule has 0 aliphatic rings. The molecule has 0 aromatic carbocycles. The van der Waals surface area contributed by atoms with Crippen molar-refractivity contribution in [2.24, 2.45) is 12.0 Å². The van der Waals surface area contributed by atoms with Gasteiger partial charge in [0, 0.05) is 20.6 Å². The molecule has 8 heteroatoms. The lowest BCUT2D eigenvalue weighted by molar-refractivity contribution is 0.271. The Morgan fingerprint density at radius 2 is 1.91 bits per heavy atom. The Morgan fingerprint density at radius 1 is 1.22 bits per heavy atom. The zero-order valence-electron chi connectivity index (χ0n) is 14.9. The molecule has 0 amide bonds. The first-order valence-corrected chi connectivity index (χ1v) is 8.21. The number of halogens is 1. The third kappa shape index (κ3) is 9.09. The quantitative estimate of drug-likeness (QED) is 0.252. The third-order valence-corrected chi connectivity index (χ3v) is 3.47. The summed E-state index contributed by atoms with van der Waals surface area (Å²) in [6, 6.07) is 0. The van der Waals surface area contributed by atoms with Gasteiger partial charge in [-0.15, -0.1) is 24.0 Å². The number of aryl methyl sites for hydroxylation is 1. The fraction of sp³-hybridized carbons (Fsp3) is 0.800. The van der Waals surface area contributed by atoms with Gasteiger partial charge >= 0.3 is 0 Å². The molecule has 1 aromatic heterocycles. The maximum Gasteiger partial charge on any atom is 0.191 e. The zero-order chi connectivity index (χ0) is 16.2. The van der Waals surface area contributed by atoms with Crippen LogP contribution in [0.2, 0.25) is 0 Å². The molecule has 1 aromatic rings. The monoisotopic (exact) mass is 437 g/mol. The topological polar surface area (TPSA) is 70.4 Å². The van der Waals surface area contributed by atoms with Gasteiger partial charge in [0.05, 0.1) is 6.54 Å². The van der Waals surface area contributed by atoms with Crippen molar-refractivity contribution in [2.75, 3.05) is 33.2 Å². The number of rotatable bonds is 10. The molecular weight excluding hydrogens is 405 g/mol. The van der Waals surface area contributed by atoms with Crippen LogP contribution in [-0.4, -0.2) is 58.9 Å². The van der Waals surface area contributed by atoms with Crippen LogP contribution in [0.3, 0.4) is 0 Å². The molecule has 0 fully saturated rings. The van der Waals surface area contributed by atoms with Crippen molar-refractivity contribution in [2.45, 2.75) is 39.7 Å². The van der Waals surface area contributed by atoms with Crippen LogP contribution >= 0.6 is 24.0 Å². The highest BCUT2D eigenvalue weighted by atomic mass is 127. The van der Waals surface area contributed by atoms with Crippen LogP contribution in [0.5, 0.6) is 0 Å². The number of nitrogens with zero attached hydrogens (tertiary/aromatic N) is 5. The van der Waals surface area contributed by atoms with Crippen LogP contribution in [0.4, 0.5) is 0 Å². The highest BCUT2D eigenvalue weighted by molar-refractivity contribution is 14.0. The van der Waals surface area contributed by atoms with Crippen molar-refractivity contribution < 1.29 is 0 Å². The van der Waals surface area contributed by atoms with Crippen LogP contribution in [0.25, 0.3) is 0 Å². The fourth-order valence-electron chi connectivity index (χ4n) is 2.34. The first-order chi connectivity index (χ1) is 10.7. The van der Waals surface area contributed by atoms with E-state index >= 15 is 0 Å². The molecule has 0 saturated carbocycles. The van der Waals surface area contributed by atoms with E-state index in [9.17, 15) is 0 Å².